The van der Waals surface area contributed by atoms with E-state index in [1.54, 1.807) is 6.92 Å². The van der Waals surface area contributed by atoms with Crippen LogP contribution in [0.4, 0.5) is 0 Å². The van der Waals surface area contributed by atoms with E-state index in [0.29, 0.717) is 6.42 Å². The van der Waals surface area contributed by atoms with Gasteiger partial charge in [-0.25, -0.2) is 16.8 Å². The molecule has 0 unspecified atom stereocenters. The predicted octanol–water partition coefficient (Wildman–Crippen LogP) is 1.50. The van der Waals surface area contributed by atoms with E-state index >= 15 is 0 Å². The molecule has 1 heterocycles. The second kappa shape index (κ2) is 6.29. The zero-order valence-electron chi connectivity index (χ0n) is 11.8. The Hall–Kier alpha value is -1.18. The number of hydrogen-bond donors (Lipinski definition) is 0. The Bertz CT molecular complexity index is 709. The maximum atomic E-state index is 12.4. The van der Waals surface area contributed by atoms with Crippen LogP contribution in [0.5, 0.6) is 0 Å². The van der Waals surface area contributed by atoms with Crippen LogP contribution in [-0.4, -0.2) is 45.2 Å². The average Bonchev–Trinajstić information content (AvgIpc) is 2.78. The molecule has 5 nitrogen and oxygen atoms in total. The van der Waals surface area contributed by atoms with Crippen molar-refractivity contribution in [3.05, 3.63) is 41.3 Å². The van der Waals surface area contributed by atoms with Gasteiger partial charge in [-0.1, -0.05) is 37.3 Å². The third-order valence-corrected chi connectivity index (χ3v) is 6.93. The van der Waals surface area contributed by atoms with Gasteiger partial charge in [0.25, 0.3) is 0 Å². The van der Waals surface area contributed by atoms with E-state index in [1.807, 2.05) is 30.3 Å². The molecule has 0 aliphatic carbocycles. The van der Waals surface area contributed by atoms with E-state index in [2.05, 4.69) is 0 Å². The molecule has 0 N–H and O–H groups in total. The lowest BCUT2D eigenvalue weighted by Gasteiger charge is -2.24. The summed E-state index contributed by atoms with van der Waals surface area (Å²) in [7, 11) is -6.72. The third kappa shape index (κ3) is 4.15. The number of sulfone groups is 1. The average molecular weight is 329 g/mol. The van der Waals surface area contributed by atoms with Crippen molar-refractivity contribution in [3.63, 3.8) is 0 Å². The van der Waals surface area contributed by atoms with E-state index in [0.717, 1.165) is 11.0 Å². The van der Waals surface area contributed by atoms with E-state index in [4.69, 9.17) is 0 Å². The summed E-state index contributed by atoms with van der Waals surface area (Å²) in [4.78, 5) is 0. The van der Waals surface area contributed by atoms with Crippen LogP contribution in [0.2, 0.25) is 0 Å². The van der Waals surface area contributed by atoms with Crippen molar-refractivity contribution in [1.29, 1.82) is 0 Å². The van der Waals surface area contributed by atoms with Gasteiger partial charge in [-0.15, -0.1) is 0 Å². The van der Waals surface area contributed by atoms with Crippen LogP contribution < -0.4 is 0 Å². The first-order chi connectivity index (χ1) is 9.84. The quantitative estimate of drug-likeness (QED) is 0.820. The van der Waals surface area contributed by atoms with Gasteiger partial charge in [0.1, 0.15) is 0 Å². The lowest BCUT2D eigenvalue weighted by molar-refractivity contribution is 0.359. The minimum absolute atomic E-state index is 0.0616. The molecular weight excluding hydrogens is 310 g/mol. The van der Waals surface area contributed by atoms with Gasteiger partial charge < -0.3 is 0 Å². The molecule has 1 aliphatic heterocycles. The Kier molecular flexibility index (Phi) is 4.85. The molecule has 0 saturated carbocycles. The maximum Gasteiger partial charge on any atom is 0.236 e. The Labute approximate surface area is 126 Å². The largest absolute Gasteiger partial charge is 0.236 e. The number of rotatable bonds is 5. The Morgan fingerprint density at radius 3 is 2.48 bits per heavy atom. The molecule has 1 saturated heterocycles. The van der Waals surface area contributed by atoms with Crippen molar-refractivity contribution >= 4 is 25.9 Å². The Balaban J connectivity index is 2.19. The number of sulfonamides is 1. The fourth-order valence-corrected chi connectivity index (χ4v) is 5.72. The second-order valence-corrected chi connectivity index (χ2v) is 9.02. The summed E-state index contributed by atoms with van der Waals surface area (Å²) in [5.74, 6) is -0.0225. The smallest absolute Gasteiger partial charge is 0.229 e. The number of nitrogens with zero attached hydrogens (tertiary/aromatic N) is 1. The van der Waals surface area contributed by atoms with Gasteiger partial charge in [0, 0.05) is 18.0 Å². The first-order valence-corrected chi connectivity index (χ1v) is 10.1. The molecule has 0 spiro atoms. The predicted molar refractivity (Wildman–Crippen MR) is 83.8 cm³/mol. The van der Waals surface area contributed by atoms with Gasteiger partial charge in [-0.05, 0) is 18.1 Å². The molecule has 21 heavy (non-hydrogen) atoms. The highest BCUT2D eigenvalue weighted by Crippen LogP contribution is 2.21. The van der Waals surface area contributed by atoms with E-state index in [9.17, 15) is 16.8 Å². The SMILES string of the molecule is CCN([C@@H]1CCS(=O)(=O)C1)S(=O)(=O)/C=C/c1ccccc1. The highest BCUT2D eigenvalue weighted by molar-refractivity contribution is 7.93. The maximum absolute atomic E-state index is 12.4. The van der Waals surface area contributed by atoms with Gasteiger partial charge in [0.2, 0.25) is 10.0 Å². The molecule has 0 aromatic heterocycles. The van der Waals surface area contributed by atoms with E-state index < -0.39 is 25.9 Å². The molecule has 7 heteroatoms. The van der Waals surface area contributed by atoms with Gasteiger partial charge in [0.05, 0.1) is 11.5 Å². The van der Waals surface area contributed by atoms with Crippen molar-refractivity contribution < 1.29 is 16.8 Å². The molecule has 1 aliphatic rings. The molecule has 2 rings (SSSR count). The molecule has 1 fully saturated rings. The highest BCUT2D eigenvalue weighted by atomic mass is 32.2. The second-order valence-electron chi connectivity index (χ2n) is 5.02. The molecule has 0 amide bonds. The van der Waals surface area contributed by atoms with Crippen LogP contribution >= 0.6 is 0 Å². The summed E-state index contributed by atoms with van der Waals surface area (Å²) >= 11 is 0. The Morgan fingerprint density at radius 2 is 1.95 bits per heavy atom. The summed E-state index contributed by atoms with van der Waals surface area (Å²) in [6, 6.07) is 8.67. The van der Waals surface area contributed by atoms with Crippen LogP contribution in [0, 0.1) is 0 Å². The van der Waals surface area contributed by atoms with Crippen LogP contribution in [0.25, 0.3) is 6.08 Å². The summed E-state index contributed by atoms with van der Waals surface area (Å²) in [6.45, 7) is 1.99. The van der Waals surface area contributed by atoms with Gasteiger partial charge >= 0.3 is 0 Å². The van der Waals surface area contributed by atoms with Crippen LogP contribution in [0.15, 0.2) is 35.7 Å². The van der Waals surface area contributed by atoms with Gasteiger partial charge in [-0.2, -0.15) is 4.31 Å². The summed E-state index contributed by atoms with van der Waals surface area (Å²) in [5, 5.41) is 1.15. The monoisotopic (exact) mass is 329 g/mol. The normalized spacial score (nSPS) is 22.1. The van der Waals surface area contributed by atoms with Crippen molar-refractivity contribution in [2.75, 3.05) is 18.1 Å². The topological polar surface area (TPSA) is 71.5 Å². The van der Waals surface area contributed by atoms with Crippen LogP contribution in [-0.2, 0) is 19.9 Å². The lowest BCUT2D eigenvalue weighted by Crippen LogP contribution is -2.39. The Morgan fingerprint density at radius 1 is 1.29 bits per heavy atom. The lowest BCUT2D eigenvalue weighted by atomic mass is 10.2. The zero-order chi connectivity index (χ0) is 15.5. The first-order valence-electron chi connectivity index (χ1n) is 6.79. The van der Waals surface area contributed by atoms with E-state index in [1.165, 1.54) is 10.4 Å². The first kappa shape index (κ1) is 16.2. The third-order valence-electron chi connectivity index (χ3n) is 3.49. The molecule has 1 aromatic carbocycles. The van der Waals surface area contributed by atoms with Crippen molar-refractivity contribution in [1.82, 2.24) is 4.31 Å². The fourth-order valence-electron chi connectivity index (χ4n) is 2.46. The number of hydrogen-bond acceptors (Lipinski definition) is 4. The molecule has 0 bridgehead atoms. The number of benzene rings is 1. The summed E-state index contributed by atoms with van der Waals surface area (Å²) in [5.41, 5.74) is 0.788. The standard InChI is InChI=1S/C14H19NO4S2/c1-2-15(14-9-10-20(16,17)12-14)21(18,19)11-8-13-6-4-3-5-7-13/h3-8,11,14H,2,9-10,12H2,1H3/b11-8+/t14-/m1/s1. The van der Waals surface area contributed by atoms with Gasteiger partial charge in [0.15, 0.2) is 9.84 Å². The summed E-state index contributed by atoms with van der Waals surface area (Å²) < 4.78 is 49.1. The summed E-state index contributed by atoms with van der Waals surface area (Å²) in [6.07, 6.45) is 1.90. The molecule has 1 atom stereocenters. The molecular formula is C14H19NO4S2. The molecule has 1 aromatic rings. The zero-order valence-corrected chi connectivity index (χ0v) is 13.5. The minimum atomic E-state index is -3.62. The van der Waals surface area contributed by atoms with Crippen molar-refractivity contribution in [2.24, 2.45) is 0 Å². The van der Waals surface area contributed by atoms with Gasteiger partial charge in [-0.3, -0.25) is 0 Å². The fraction of sp³-hybridized carbons (Fsp3) is 0.429. The van der Waals surface area contributed by atoms with E-state index in [-0.39, 0.29) is 18.1 Å². The van der Waals surface area contributed by atoms with Crippen LogP contribution in [0.1, 0.15) is 18.9 Å². The van der Waals surface area contributed by atoms with Crippen LogP contribution in [0.3, 0.4) is 0 Å². The van der Waals surface area contributed by atoms with Crippen molar-refractivity contribution in [3.8, 4) is 0 Å². The van der Waals surface area contributed by atoms with Crippen molar-refractivity contribution in [2.45, 2.75) is 19.4 Å². The molecule has 116 valence electrons. The highest BCUT2D eigenvalue weighted by Gasteiger charge is 2.36. The molecule has 0 radical (unpaired) electrons. The minimum Gasteiger partial charge on any atom is -0.229 e.